The molecule has 98 valence electrons. The van der Waals surface area contributed by atoms with Crippen LogP contribution in [0.4, 0.5) is 0 Å². The number of pyridine rings is 1. The van der Waals surface area contributed by atoms with Gasteiger partial charge in [-0.25, -0.2) is 0 Å². The molecule has 0 radical (unpaired) electrons. The number of nitrogens with one attached hydrogen (secondary N) is 1. The normalized spacial score (nSPS) is 18.0. The van der Waals surface area contributed by atoms with Crippen molar-refractivity contribution in [1.82, 2.24) is 10.3 Å². The van der Waals surface area contributed by atoms with Gasteiger partial charge in [0.05, 0.1) is 6.04 Å². The monoisotopic (exact) mass is 244 g/mol. The zero-order valence-corrected chi connectivity index (χ0v) is 11.6. The van der Waals surface area contributed by atoms with Crippen molar-refractivity contribution >= 4 is 0 Å². The summed E-state index contributed by atoms with van der Waals surface area (Å²) in [6, 6.07) is 2.55. The van der Waals surface area contributed by atoms with Crippen molar-refractivity contribution in [3.05, 3.63) is 41.2 Å². The molecule has 18 heavy (non-hydrogen) atoms. The van der Waals surface area contributed by atoms with E-state index >= 15 is 0 Å². The second-order valence-corrected chi connectivity index (χ2v) is 5.03. The van der Waals surface area contributed by atoms with E-state index in [0.29, 0.717) is 6.04 Å². The van der Waals surface area contributed by atoms with Crippen LogP contribution < -0.4 is 5.32 Å². The Morgan fingerprint density at radius 2 is 2.22 bits per heavy atom. The first-order chi connectivity index (χ1) is 8.86. The molecule has 0 aliphatic heterocycles. The maximum Gasteiger partial charge on any atom is 0.0537 e. The lowest BCUT2D eigenvalue weighted by molar-refractivity contribution is 0.623. The molecule has 1 unspecified atom stereocenters. The first-order valence-corrected chi connectivity index (χ1v) is 7.15. The number of allylic oxidation sites excluding steroid dienone is 1. The van der Waals surface area contributed by atoms with Gasteiger partial charge in [0.25, 0.3) is 0 Å². The number of rotatable bonds is 4. The van der Waals surface area contributed by atoms with Crippen molar-refractivity contribution < 1.29 is 0 Å². The average molecular weight is 244 g/mol. The van der Waals surface area contributed by atoms with E-state index in [1.165, 1.54) is 43.2 Å². The summed E-state index contributed by atoms with van der Waals surface area (Å²) in [7, 11) is 2.07. The summed E-state index contributed by atoms with van der Waals surface area (Å²) >= 11 is 0. The Hall–Kier alpha value is -1.15. The van der Waals surface area contributed by atoms with Gasteiger partial charge in [0, 0.05) is 12.4 Å². The van der Waals surface area contributed by atoms with Crippen molar-refractivity contribution in [1.29, 1.82) is 0 Å². The van der Waals surface area contributed by atoms with Crippen LogP contribution in [0.5, 0.6) is 0 Å². The number of hydrogen-bond donors (Lipinski definition) is 1. The average Bonchev–Trinajstić information content (AvgIpc) is 2.69. The smallest absolute Gasteiger partial charge is 0.0537 e. The van der Waals surface area contributed by atoms with Crippen LogP contribution in [0.1, 0.15) is 56.2 Å². The van der Waals surface area contributed by atoms with E-state index in [0.717, 1.165) is 6.42 Å². The Morgan fingerprint density at radius 1 is 1.33 bits per heavy atom. The predicted molar refractivity (Wildman–Crippen MR) is 76.6 cm³/mol. The van der Waals surface area contributed by atoms with E-state index in [9.17, 15) is 0 Å². The molecule has 0 bridgehead atoms. The Kier molecular flexibility index (Phi) is 4.94. The van der Waals surface area contributed by atoms with E-state index in [-0.39, 0.29) is 0 Å². The third-order valence-corrected chi connectivity index (χ3v) is 3.87. The highest BCUT2D eigenvalue weighted by molar-refractivity contribution is 5.33. The van der Waals surface area contributed by atoms with E-state index in [1.54, 1.807) is 5.57 Å². The third-order valence-electron chi connectivity index (χ3n) is 3.87. The molecule has 0 saturated carbocycles. The molecule has 0 spiro atoms. The van der Waals surface area contributed by atoms with Crippen LogP contribution in [0, 0.1) is 0 Å². The molecule has 1 aromatic heterocycles. The van der Waals surface area contributed by atoms with Gasteiger partial charge in [-0.1, -0.05) is 25.0 Å². The summed E-state index contributed by atoms with van der Waals surface area (Å²) in [6.45, 7) is 2.20. The van der Waals surface area contributed by atoms with Gasteiger partial charge in [0.2, 0.25) is 0 Å². The molecular weight excluding hydrogens is 220 g/mol. The second kappa shape index (κ2) is 6.69. The molecule has 1 aromatic rings. The lowest BCUT2D eigenvalue weighted by Crippen LogP contribution is -2.20. The summed E-state index contributed by atoms with van der Waals surface area (Å²) in [6.07, 6.45) is 13.9. The minimum atomic E-state index is 0.376. The van der Waals surface area contributed by atoms with Gasteiger partial charge >= 0.3 is 0 Å². The molecule has 2 heteroatoms. The fourth-order valence-electron chi connectivity index (χ4n) is 2.86. The summed E-state index contributed by atoms with van der Waals surface area (Å²) < 4.78 is 0. The van der Waals surface area contributed by atoms with E-state index < -0.39 is 0 Å². The zero-order chi connectivity index (χ0) is 12.8. The molecule has 0 aromatic carbocycles. The van der Waals surface area contributed by atoms with Crippen LogP contribution in [0.2, 0.25) is 0 Å². The Morgan fingerprint density at radius 3 is 3.00 bits per heavy atom. The minimum Gasteiger partial charge on any atom is -0.310 e. The van der Waals surface area contributed by atoms with Crippen molar-refractivity contribution in [2.75, 3.05) is 7.05 Å². The molecule has 1 N–H and O–H groups in total. The largest absolute Gasteiger partial charge is 0.310 e. The van der Waals surface area contributed by atoms with Gasteiger partial charge in [-0.2, -0.15) is 0 Å². The molecule has 0 saturated heterocycles. The molecule has 0 amide bonds. The second-order valence-electron chi connectivity index (χ2n) is 5.03. The van der Waals surface area contributed by atoms with Gasteiger partial charge in [-0.3, -0.25) is 4.98 Å². The van der Waals surface area contributed by atoms with E-state index in [2.05, 4.69) is 36.4 Å². The van der Waals surface area contributed by atoms with Gasteiger partial charge < -0.3 is 5.32 Å². The first-order valence-electron chi connectivity index (χ1n) is 7.15. The third kappa shape index (κ3) is 2.99. The molecule has 1 heterocycles. The van der Waals surface area contributed by atoms with Crippen LogP contribution in [0.15, 0.2) is 30.1 Å². The maximum absolute atomic E-state index is 4.25. The molecular formula is C16H24N2. The number of nitrogens with zero attached hydrogens (tertiary/aromatic N) is 1. The SMILES string of the molecule is CCc1cnccc1C(NC)C1=CCCCCC1. The Bertz CT molecular complexity index is 409. The van der Waals surface area contributed by atoms with Gasteiger partial charge in [-0.15, -0.1) is 0 Å². The molecule has 2 rings (SSSR count). The van der Waals surface area contributed by atoms with Gasteiger partial charge in [0.1, 0.15) is 0 Å². The maximum atomic E-state index is 4.25. The van der Waals surface area contributed by atoms with E-state index in [4.69, 9.17) is 0 Å². The molecule has 1 aliphatic carbocycles. The molecule has 1 atom stereocenters. The van der Waals surface area contributed by atoms with Crippen molar-refractivity contribution in [2.45, 2.75) is 51.5 Å². The predicted octanol–water partition coefficient (Wildman–Crippen LogP) is 3.80. The minimum absolute atomic E-state index is 0.376. The summed E-state index contributed by atoms with van der Waals surface area (Å²) in [4.78, 5) is 4.25. The van der Waals surface area contributed by atoms with Crippen LogP contribution in [0.25, 0.3) is 0 Å². The molecule has 2 nitrogen and oxygen atoms in total. The zero-order valence-electron chi connectivity index (χ0n) is 11.6. The van der Waals surface area contributed by atoms with Crippen LogP contribution in [-0.4, -0.2) is 12.0 Å². The van der Waals surface area contributed by atoms with Gasteiger partial charge in [-0.05, 0) is 56.3 Å². The highest BCUT2D eigenvalue weighted by Gasteiger charge is 2.18. The fraction of sp³-hybridized carbons (Fsp3) is 0.562. The Labute approximate surface area is 111 Å². The van der Waals surface area contributed by atoms with E-state index in [1.807, 2.05) is 12.4 Å². The Balaban J connectivity index is 2.29. The molecule has 1 aliphatic rings. The van der Waals surface area contributed by atoms with Crippen molar-refractivity contribution in [2.24, 2.45) is 0 Å². The molecule has 0 fully saturated rings. The van der Waals surface area contributed by atoms with Crippen LogP contribution >= 0.6 is 0 Å². The number of aromatic nitrogens is 1. The lowest BCUT2D eigenvalue weighted by Gasteiger charge is -2.22. The van der Waals surface area contributed by atoms with Crippen molar-refractivity contribution in [3.8, 4) is 0 Å². The summed E-state index contributed by atoms with van der Waals surface area (Å²) in [5.41, 5.74) is 4.33. The lowest BCUT2D eigenvalue weighted by atomic mass is 9.92. The summed E-state index contributed by atoms with van der Waals surface area (Å²) in [5, 5.41) is 3.49. The quantitative estimate of drug-likeness (QED) is 0.815. The number of likely N-dealkylation sites (N-methyl/N-ethyl adjacent to an activating group) is 1. The topological polar surface area (TPSA) is 24.9 Å². The van der Waals surface area contributed by atoms with Crippen molar-refractivity contribution in [3.63, 3.8) is 0 Å². The first kappa shape index (κ1) is 13.3. The number of aryl methyl sites for hydroxylation is 1. The highest BCUT2D eigenvalue weighted by Crippen LogP contribution is 2.30. The van der Waals surface area contributed by atoms with Gasteiger partial charge in [0.15, 0.2) is 0 Å². The van der Waals surface area contributed by atoms with Crippen LogP contribution in [-0.2, 0) is 6.42 Å². The van der Waals surface area contributed by atoms with Crippen LogP contribution in [0.3, 0.4) is 0 Å². The number of hydrogen-bond acceptors (Lipinski definition) is 2. The highest BCUT2D eigenvalue weighted by atomic mass is 14.9. The standard InChI is InChI=1S/C16H24N2/c1-3-13-12-18-11-10-15(13)16(17-2)14-8-6-4-5-7-9-14/h8,10-12,16-17H,3-7,9H2,1-2H3. The fourth-order valence-corrected chi connectivity index (χ4v) is 2.86. The summed E-state index contributed by atoms with van der Waals surface area (Å²) in [5.74, 6) is 0.